The lowest BCUT2D eigenvalue weighted by Crippen LogP contribution is -2.06. The quantitative estimate of drug-likeness (QED) is 0.314. The molecule has 0 saturated heterocycles. The number of hydrogen-bond acceptors (Lipinski definition) is 3. The van der Waals surface area contributed by atoms with Crippen LogP contribution in [-0.4, -0.2) is 0 Å². The Balaban J connectivity index is 3.06. The SMILES string of the molecule is NNc1cc(S)cc(I)c1. The van der Waals surface area contributed by atoms with Crippen molar-refractivity contribution in [3.8, 4) is 0 Å². The van der Waals surface area contributed by atoms with Gasteiger partial charge in [0, 0.05) is 8.47 Å². The van der Waals surface area contributed by atoms with Crippen molar-refractivity contribution in [3.05, 3.63) is 21.8 Å². The number of hydrogen-bond donors (Lipinski definition) is 3. The van der Waals surface area contributed by atoms with Crippen molar-refractivity contribution in [2.75, 3.05) is 5.43 Å². The van der Waals surface area contributed by atoms with Crippen LogP contribution >= 0.6 is 35.2 Å². The Morgan fingerprint density at radius 2 is 2.10 bits per heavy atom. The van der Waals surface area contributed by atoms with Crippen molar-refractivity contribution < 1.29 is 0 Å². The summed E-state index contributed by atoms with van der Waals surface area (Å²) in [6, 6.07) is 5.77. The number of rotatable bonds is 1. The molecule has 3 N–H and O–H groups in total. The van der Waals surface area contributed by atoms with Gasteiger partial charge in [-0.2, -0.15) is 0 Å². The monoisotopic (exact) mass is 266 g/mol. The Labute approximate surface area is 78.7 Å². The van der Waals surface area contributed by atoms with Gasteiger partial charge in [0.15, 0.2) is 0 Å². The average Bonchev–Trinajstić information content (AvgIpc) is 1.85. The molecule has 1 aromatic rings. The van der Waals surface area contributed by atoms with Crippen LogP contribution in [0.25, 0.3) is 0 Å². The molecule has 2 nitrogen and oxygen atoms in total. The predicted molar refractivity (Wildman–Crippen MR) is 54.2 cm³/mol. The molecule has 0 aromatic heterocycles. The number of benzene rings is 1. The molecule has 0 radical (unpaired) electrons. The maximum atomic E-state index is 5.20. The van der Waals surface area contributed by atoms with Gasteiger partial charge in [0.1, 0.15) is 0 Å². The molecular formula is C6H7IN2S. The summed E-state index contributed by atoms with van der Waals surface area (Å²) < 4.78 is 1.12. The zero-order valence-electron chi connectivity index (χ0n) is 5.13. The van der Waals surface area contributed by atoms with Crippen molar-refractivity contribution in [1.29, 1.82) is 0 Å². The maximum absolute atomic E-state index is 5.20. The molecule has 0 amide bonds. The third-order valence-electron chi connectivity index (χ3n) is 1.05. The van der Waals surface area contributed by atoms with Gasteiger partial charge < -0.3 is 5.43 Å². The number of nitrogen functional groups attached to an aromatic ring is 1. The third kappa shape index (κ3) is 2.03. The fourth-order valence-electron chi connectivity index (χ4n) is 0.657. The van der Waals surface area contributed by atoms with Gasteiger partial charge in [-0.3, -0.25) is 5.84 Å². The van der Waals surface area contributed by atoms with Crippen molar-refractivity contribution >= 4 is 40.9 Å². The molecule has 1 rings (SSSR count). The average molecular weight is 266 g/mol. The van der Waals surface area contributed by atoms with Crippen LogP contribution in [0.3, 0.4) is 0 Å². The van der Waals surface area contributed by atoms with Gasteiger partial charge in [0.2, 0.25) is 0 Å². The van der Waals surface area contributed by atoms with Gasteiger partial charge >= 0.3 is 0 Å². The molecular weight excluding hydrogens is 259 g/mol. The topological polar surface area (TPSA) is 38.0 Å². The second-order valence-electron chi connectivity index (χ2n) is 1.84. The van der Waals surface area contributed by atoms with E-state index in [2.05, 4.69) is 40.6 Å². The molecule has 0 saturated carbocycles. The second-order valence-corrected chi connectivity index (χ2v) is 3.60. The number of nitrogens with two attached hydrogens (primary N) is 1. The molecule has 0 aliphatic heterocycles. The largest absolute Gasteiger partial charge is 0.324 e. The van der Waals surface area contributed by atoms with Crippen LogP contribution in [0.5, 0.6) is 0 Å². The first-order chi connectivity index (χ1) is 4.72. The Hall–Kier alpha value is 0.0600. The molecule has 10 heavy (non-hydrogen) atoms. The van der Waals surface area contributed by atoms with Gasteiger partial charge in [0.05, 0.1) is 5.69 Å². The van der Waals surface area contributed by atoms with Crippen molar-refractivity contribution in [3.63, 3.8) is 0 Å². The first-order valence-corrected chi connectivity index (χ1v) is 4.21. The molecule has 0 heterocycles. The lowest BCUT2D eigenvalue weighted by atomic mass is 10.3. The molecule has 4 heteroatoms. The van der Waals surface area contributed by atoms with Crippen molar-refractivity contribution in [1.82, 2.24) is 0 Å². The van der Waals surface area contributed by atoms with E-state index >= 15 is 0 Å². The van der Waals surface area contributed by atoms with Gasteiger partial charge in [-0.1, -0.05) is 0 Å². The van der Waals surface area contributed by atoms with Crippen LogP contribution in [-0.2, 0) is 0 Å². The van der Waals surface area contributed by atoms with E-state index in [1.54, 1.807) is 0 Å². The maximum Gasteiger partial charge on any atom is 0.0506 e. The minimum Gasteiger partial charge on any atom is -0.324 e. The highest BCUT2D eigenvalue weighted by Gasteiger charge is 1.92. The first-order valence-electron chi connectivity index (χ1n) is 2.68. The van der Waals surface area contributed by atoms with Crippen molar-refractivity contribution in [2.24, 2.45) is 5.84 Å². The van der Waals surface area contributed by atoms with Gasteiger partial charge in [-0.15, -0.1) is 12.6 Å². The highest BCUT2D eigenvalue weighted by Crippen LogP contribution is 2.17. The highest BCUT2D eigenvalue weighted by atomic mass is 127. The number of anilines is 1. The first kappa shape index (κ1) is 8.16. The van der Waals surface area contributed by atoms with Crippen molar-refractivity contribution in [2.45, 2.75) is 4.90 Å². The fraction of sp³-hybridized carbons (Fsp3) is 0. The Morgan fingerprint density at radius 3 is 2.60 bits per heavy atom. The Bertz CT molecular complexity index is 219. The van der Waals surface area contributed by atoms with Crippen LogP contribution in [0.4, 0.5) is 5.69 Å². The Kier molecular flexibility index (Phi) is 2.82. The zero-order valence-corrected chi connectivity index (χ0v) is 8.19. The molecule has 0 aliphatic carbocycles. The molecule has 54 valence electrons. The minimum absolute atomic E-state index is 0.886. The summed E-state index contributed by atoms with van der Waals surface area (Å²) in [5.41, 5.74) is 3.44. The molecule has 1 aromatic carbocycles. The van der Waals surface area contributed by atoms with Crippen LogP contribution < -0.4 is 11.3 Å². The van der Waals surface area contributed by atoms with Crippen LogP contribution in [0.15, 0.2) is 23.1 Å². The van der Waals surface area contributed by atoms with Crippen LogP contribution in [0.2, 0.25) is 0 Å². The zero-order chi connectivity index (χ0) is 7.56. The van der Waals surface area contributed by atoms with Gasteiger partial charge in [-0.05, 0) is 40.8 Å². The summed E-state index contributed by atoms with van der Waals surface area (Å²) in [4.78, 5) is 0.917. The van der Waals surface area contributed by atoms with E-state index in [1.165, 1.54) is 0 Å². The smallest absolute Gasteiger partial charge is 0.0506 e. The predicted octanol–water partition coefficient (Wildman–Crippen LogP) is 1.87. The van der Waals surface area contributed by atoms with Gasteiger partial charge in [-0.25, -0.2) is 0 Å². The normalized spacial score (nSPS) is 9.50. The Morgan fingerprint density at radius 1 is 1.40 bits per heavy atom. The molecule has 0 bridgehead atoms. The molecule has 0 spiro atoms. The number of halogens is 1. The molecule has 0 aliphatic rings. The van der Waals surface area contributed by atoms with Crippen LogP contribution in [0, 0.1) is 3.57 Å². The number of hydrazine groups is 1. The van der Waals surface area contributed by atoms with Crippen LogP contribution in [0.1, 0.15) is 0 Å². The third-order valence-corrected chi connectivity index (χ3v) is 1.93. The summed E-state index contributed by atoms with van der Waals surface area (Å²) in [6.07, 6.45) is 0. The van der Waals surface area contributed by atoms with E-state index in [0.29, 0.717) is 0 Å². The lowest BCUT2D eigenvalue weighted by Gasteiger charge is -2.00. The molecule has 0 unspecified atom stereocenters. The summed E-state index contributed by atoms with van der Waals surface area (Å²) in [5, 5.41) is 0. The molecule has 0 fully saturated rings. The number of nitrogens with one attached hydrogen (secondary N) is 1. The van der Waals surface area contributed by atoms with E-state index < -0.39 is 0 Å². The second kappa shape index (κ2) is 3.45. The highest BCUT2D eigenvalue weighted by molar-refractivity contribution is 14.1. The van der Waals surface area contributed by atoms with E-state index in [4.69, 9.17) is 5.84 Å². The summed E-state index contributed by atoms with van der Waals surface area (Å²) in [6.45, 7) is 0. The van der Waals surface area contributed by atoms with Gasteiger partial charge in [0.25, 0.3) is 0 Å². The standard InChI is InChI=1S/C6H7IN2S/c7-4-1-5(9-8)3-6(10)2-4/h1-3,9-10H,8H2. The lowest BCUT2D eigenvalue weighted by molar-refractivity contribution is 1.31. The van der Waals surface area contributed by atoms with E-state index in [9.17, 15) is 0 Å². The summed E-state index contributed by atoms with van der Waals surface area (Å²) in [5.74, 6) is 5.20. The number of thiol groups is 1. The van der Waals surface area contributed by atoms with E-state index in [0.717, 1.165) is 14.2 Å². The van der Waals surface area contributed by atoms with E-state index in [-0.39, 0.29) is 0 Å². The fourth-order valence-corrected chi connectivity index (χ4v) is 1.85. The minimum atomic E-state index is 0.886. The summed E-state index contributed by atoms with van der Waals surface area (Å²) >= 11 is 6.39. The van der Waals surface area contributed by atoms with E-state index in [1.807, 2.05) is 18.2 Å². The molecule has 0 atom stereocenters. The summed E-state index contributed by atoms with van der Waals surface area (Å²) in [7, 11) is 0.